The van der Waals surface area contributed by atoms with Gasteiger partial charge in [-0.05, 0) is 32.7 Å². The number of amides is 1. The normalized spacial score (nSPS) is 32.2. The van der Waals surface area contributed by atoms with Gasteiger partial charge in [0.05, 0.1) is 18.2 Å². The van der Waals surface area contributed by atoms with E-state index in [4.69, 9.17) is 10.5 Å². The monoisotopic (exact) mass is 325 g/mol. The molecule has 1 fully saturated rings. The molecule has 4 atom stereocenters. The molecule has 7 nitrogen and oxygen atoms in total. The van der Waals surface area contributed by atoms with Gasteiger partial charge in [-0.2, -0.15) is 0 Å². The lowest BCUT2D eigenvalue weighted by atomic mass is 9.85. The second-order valence-electron chi connectivity index (χ2n) is 6.30. The molecule has 130 valence electrons. The van der Waals surface area contributed by atoms with Crippen molar-refractivity contribution < 1.29 is 19.4 Å². The van der Waals surface area contributed by atoms with Gasteiger partial charge in [0, 0.05) is 31.7 Å². The summed E-state index contributed by atoms with van der Waals surface area (Å²) in [6.45, 7) is 5.66. The number of nitrogens with zero attached hydrogens (tertiary/aromatic N) is 1. The summed E-state index contributed by atoms with van der Waals surface area (Å²) in [4.78, 5) is 25.1. The van der Waals surface area contributed by atoms with E-state index < -0.39 is 12.0 Å². The zero-order chi connectivity index (χ0) is 17.0. The molecular formula is C16H27N3O4. The summed E-state index contributed by atoms with van der Waals surface area (Å²) in [5, 5.41) is 12.2. The summed E-state index contributed by atoms with van der Waals surface area (Å²) in [5.74, 6) is -1.09. The van der Waals surface area contributed by atoms with Crippen molar-refractivity contribution in [3.63, 3.8) is 0 Å². The molecule has 0 unspecified atom stereocenters. The number of carboxylic acid groups (broad SMARTS) is 1. The second kappa shape index (κ2) is 7.90. The van der Waals surface area contributed by atoms with Gasteiger partial charge in [-0.15, -0.1) is 0 Å². The third-order valence-corrected chi connectivity index (χ3v) is 4.53. The van der Waals surface area contributed by atoms with Gasteiger partial charge >= 0.3 is 5.97 Å². The maximum atomic E-state index is 11.5. The average molecular weight is 325 g/mol. The number of nitrogens with one attached hydrogen (secondary N) is 1. The number of ether oxygens (including phenoxy) is 1. The fourth-order valence-corrected chi connectivity index (χ4v) is 3.54. The van der Waals surface area contributed by atoms with E-state index in [1.165, 1.54) is 6.92 Å². The van der Waals surface area contributed by atoms with Gasteiger partial charge in [-0.25, -0.2) is 4.79 Å². The number of piperidine rings is 1. The predicted molar refractivity (Wildman–Crippen MR) is 85.9 cm³/mol. The summed E-state index contributed by atoms with van der Waals surface area (Å²) in [7, 11) is 0. The molecule has 0 aromatic rings. The first-order chi connectivity index (χ1) is 10.9. The third-order valence-electron chi connectivity index (χ3n) is 4.53. The molecule has 23 heavy (non-hydrogen) atoms. The lowest BCUT2D eigenvalue weighted by molar-refractivity contribution is -0.133. The molecule has 0 saturated carbocycles. The van der Waals surface area contributed by atoms with E-state index in [-0.39, 0.29) is 30.5 Å². The largest absolute Gasteiger partial charge is 0.478 e. The van der Waals surface area contributed by atoms with E-state index >= 15 is 0 Å². The van der Waals surface area contributed by atoms with Crippen LogP contribution in [0.2, 0.25) is 0 Å². The van der Waals surface area contributed by atoms with Crippen molar-refractivity contribution in [3.05, 3.63) is 11.6 Å². The van der Waals surface area contributed by atoms with Crippen LogP contribution in [0, 0.1) is 0 Å². The minimum absolute atomic E-state index is 0.145. The number of likely N-dealkylation sites (tertiary alicyclic amines) is 1. The molecule has 4 N–H and O–H groups in total. The number of carboxylic acids is 1. The van der Waals surface area contributed by atoms with Crippen molar-refractivity contribution in [1.82, 2.24) is 10.2 Å². The van der Waals surface area contributed by atoms with Gasteiger partial charge in [-0.1, -0.05) is 6.08 Å². The Balaban J connectivity index is 2.22. The Kier molecular flexibility index (Phi) is 6.15. The number of rotatable bonds is 5. The van der Waals surface area contributed by atoms with Crippen LogP contribution in [0.3, 0.4) is 0 Å². The molecule has 0 spiro atoms. The van der Waals surface area contributed by atoms with E-state index in [0.717, 1.165) is 25.9 Å². The fourth-order valence-electron chi connectivity index (χ4n) is 3.54. The van der Waals surface area contributed by atoms with Crippen molar-refractivity contribution in [1.29, 1.82) is 0 Å². The first-order valence-electron chi connectivity index (χ1n) is 8.24. The zero-order valence-electron chi connectivity index (χ0n) is 13.8. The summed E-state index contributed by atoms with van der Waals surface area (Å²) < 4.78 is 5.72. The quantitative estimate of drug-likeness (QED) is 0.662. The molecule has 0 aromatic heterocycles. The molecule has 7 heteroatoms. The minimum atomic E-state index is -0.940. The number of hydrogen-bond acceptors (Lipinski definition) is 5. The Hall–Kier alpha value is -1.44. The molecular weight excluding hydrogens is 298 g/mol. The molecule has 0 bridgehead atoms. The Bertz CT molecular complexity index is 478. The Morgan fingerprint density at radius 3 is 2.87 bits per heavy atom. The van der Waals surface area contributed by atoms with Crippen LogP contribution in [0.4, 0.5) is 0 Å². The lowest BCUT2D eigenvalue weighted by Crippen LogP contribution is -2.62. The summed E-state index contributed by atoms with van der Waals surface area (Å²) in [6, 6.07) is -0.902. The molecule has 1 amide bonds. The number of carbonyl (C=O) groups is 2. The van der Waals surface area contributed by atoms with E-state index in [0.29, 0.717) is 12.2 Å². The zero-order valence-corrected chi connectivity index (χ0v) is 13.8. The molecule has 1 saturated heterocycles. The highest BCUT2D eigenvalue weighted by Crippen LogP contribution is 2.26. The van der Waals surface area contributed by atoms with Gasteiger partial charge in [0.25, 0.3) is 0 Å². The highest BCUT2D eigenvalue weighted by Gasteiger charge is 2.38. The number of carbonyl (C=O) groups excluding carboxylic acids is 1. The second-order valence-corrected chi connectivity index (χ2v) is 6.30. The van der Waals surface area contributed by atoms with Crippen LogP contribution in [0.5, 0.6) is 0 Å². The Labute approximate surface area is 136 Å². The maximum absolute atomic E-state index is 11.5. The van der Waals surface area contributed by atoms with E-state index in [1.54, 1.807) is 6.08 Å². The van der Waals surface area contributed by atoms with Crippen LogP contribution in [-0.4, -0.2) is 65.8 Å². The van der Waals surface area contributed by atoms with E-state index in [9.17, 15) is 14.7 Å². The topological polar surface area (TPSA) is 105 Å². The van der Waals surface area contributed by atoms with Gasteiger partial charge in [0.2, 0.25) is 5.91 Å². The van der Waals surface area contributed by atoms with Gasteiger partial charge < -0.3 is 20.9 Å². The van der Waals surface area contributed by atoms with Crippen LogP contribution in [0.1, 0.15) is 33.1 Å². The molecule has 1 aliphatic heterocycles. The average Bonchev–Trinajstić information content (AvgIpc) is 2.49. The summed E-state index contributed by atoms with van der Waals surface area (Å²) >= 11 is 0. The van der Waals surface area contributed by atoms with Gasteiger partial charge in [0.1, 0.15) is 0 Å². The number of nitrogens with two attached hydrogens (primary N) is 1. The molecule has 0 aromatic carbocycles. The third kappa shape index (κ3) is 4.53. The first-order valence-corrected chi connectivity index (χ1v) is 8.24. The van der Waals surface area contributed by atoms with Gasteiger partial charge in [0.15, 0.2) is 0 Å². The van der Waals surface area contributed by atoms with Crippen molar-refractivity contribution in [2.24, 2.45) is 5.73 Å². The predicted octanol–water partition coefficient (Wildman–Crippen LogP) is 0.103. The summed E-state index contributed by atoms with van der Waals surface area (Å²) in [6.07, 6.45) is 4.15. The Morgan fingerprint density at radius 1 is 1.52 bits per heavy atom. The van der Waals surface area contributed by atoms with Crippen molar-refractivity contribution in [2.45, 2.75) is 57.3 Å². The maximum Gasteiger partial charge on any atom is 0.331 e. The molecule has 2 rings (SSSR count). The van der Waals surface area contributed by atoms with Crippen molar-refractivity contribution in [3.8, 4) is 0 Å². The summed E-state index contributed by atoms with van der Waals surface area (Å²) in [5.41, 5.74) is 6.49. The van der Waals surface area contributed by atoms with Crippen LogP contribution < -0.4 is 11.1 Å². The minimum Gasteiger partial charge on any atom is -0.478 e. The van der Waals surface area contributed by atoms with Crippen molar-refractivity contribution in [2.75, 3.05) is 19.7 Å². The number of hydrogen-bond donors (Lipinski definition) is 3. The fraction of sp³-hybridized carbons (Fsp3) is 0.750. The van der Waals surface area contributed by atoms with Crippen molar-refractivity contribution >= 4 is 11.9 Å². The highest BCUT2D eigenvalue weighted by molar-refractivity contribution is 5.87. The molecule has 0 radical (unpaired) electrons. The highest BCUT2D eigenvalue weighted by atomic mass is 16.5. The smallest absolute Gasteiger partial charge is 0.331 e. The van der Waals surface area contributed by atoms with E-state index in [1.807, 2.05) is 6.92 Å². The first kappa shape index (κ1) is 17.9. The lowest BCUT2D eigenvalue weighted by Gasteiger charge is -2.44. The number of aliphatic carboxylic acids is 1. The van der Waals surface area contributed by atoms with Crippen LogP contribution in [0.25, 0.3) is 0 Å². The van der Waals surface area contributed by atoms with Crippen LogP contribution in [-0.2, 0) is 14.3 Å². The standard InChI is InChI=1S/C16H27N3O4/c1-3-23-12-5-4-6-19(9-12)14-8-11(16(21)22)7-13(17)15(14)18-10(2)20/h8,12-15H,3-7,9,17H2,1-2H3,(H,18,20)(H,21,22)/t12-,13-,14+,15+/m0/s1. The molecule has 2 aliphatic rings. The van der Waals surface area contributed by atoms with Crippen LogP contribution >= 0.6 is 0 Å². The van der Waals surface area contributed by atoms with Crippen LogP contribution in [0.15, 0.2) is 11.6 Å². The van der Waals surface area contributed by atoms with E-state index in [2.05, 4.69) is 10.2 Å². The Morgan fingerprint density at radius 2 is 2.26 bits per heavy atom. The SMILES string of the molecule is CCO[C@H]1CCCN([C@@H]2C=C(C(=O)O)C[C@H](N)[C@H]2NC(C)=O)C1. The molecule has 1 aliphatic carbocycles. The van der Waals surface area contributed by atoms with Gasteiger partial charge in [-0.3, -0.25) is 9.69 Å². The molecule has 1 heterocycles.